The van der Waals surface area contributed by atoms with Crippen LogP contribution in [0.1, 0.15) is 38.2 Å². The molecular formula is C15H16BrFN2O2. The summed E-state index contributed by atoms with van der Waals surface area (Å²) in [7, 11) is 0. The maximum absolute atomic E-state index is 14.2. The zero-order valence-electron chi connectivity index (χ0n) is 11.6. The Morgan fingerprint density at radius 1 is 1.57 bits per heavy atom. The molecule has 1 saturated carbocycles. The summed E-state index contributed by atoms with van der Waals surface area (Å²) in [5, 5.41) is 21.4. The van der Waals surface area contributed by atoms with Crippen molar-refractivity contribution in [1.82, 2.24) is 0 Å². The van der Waals surface area contributed by atoms with Gasteiger partial charge < -0.3 is 10.4 Å². The largest absolute Gasteiger partial charge is 0.481 e. The molecule has 1 fully saturated rings. The van der Waals surface area contributed by atoms with Crippen molar-refractivity contribution < 1.29 is 14.3 Å². The lowest BCUT2D eigenvalue weighted by molar-refractivity contribution is -0.150. The van der Waals surface area contributed by atoms with Crippen LogP contribution in [0.5, 0.6) is 0 Å². The summed E-state index contributed by atoms with van der Waals surface area (Å²) in [6.07, 6.45) is 3.03. The van der Waals surface area contributed by atoms with Crippen LogP contribution in [-0.4, -0.2) is 17.1 Å². The topological polar surface area (TPSA) is 73.1 Å². The van der Waals surface area contributed by atoms with E-state index in [4.69, 9.17) is 5.26 Å². The number of halogens is 2. The lowest BCUT2D eigenvalue weighted by Gasteiger charge is -2.39. The van der Waals surface area contributed by atoms with Crippen LogP contribution >= 0.6 is 15.9 Å². The van der Waals surface area contributed by atoms with E-state index in [-0.39, 0.29) is 21.8 Å². The number of nitrogens with zero attached hydrogens (tertiary/aromatic N) is 1. The minimum atomic E-state index is -0.912. The Bertz CT molecular complexity index is 614. The van der Waals surface area contributed by atoms with Gasteiger partial charge in [0.05, 0.1) is 21.1 Å². The fourth-order valence-electron chi connectivity index (χ4n) is 2.76. The van der Waals surface area contributed by atoms with Gasteiger partial charge in [0.15, 0.2) is 5.82 Å². The summed E-state index contributed by atoms with van der Waals surface area (Å²) in [5.74, 6) is -1.43. The lowest BCUT2D eigenvalue weighted by Crippen LogP contribution is -2.46. The monoisotopic (exact) mass is 354 g/mol. The molecule has 2 N–H and O–H groups in total. The molecule has 6 heteroatoms. The van der Waals surface area contributed by atoms with E-state index >= 15 is 0 Å². The van der Waals surface area contributed by atoms with Crippen molar-refractivity contribution in [3.8, 4) is 6.07 Å². The third kappa shape index (κ3) is 2.88. The first kappa shape index (κ1) is 15.8. The predicted molar refractivity (Wildman–Crippen MR) is 80.4 cm³/mol. The van der Waals surface area contributed by atoms with Gasteiger partial charge in [-0.05, 0) is 47.8 Å². The smallest absolute Gasteiger partial charge is 0.311 e. The minimum Gasteiger partial charge on any atom is -0.481 e. The molecule has 2 atom stereocenters. The zero-order chi connectivity index (χ0) is 15.6. The zero-order valence-corrected chi connectivity index (χ0v) is 13.2. The molecule has 0 radical (unpaired) electrons. The molecule has 4 nitrogen and oxygen atoms in total. The number of nitrogens with one attached hydrogen (secondary N) is 1. The van der Waals surface area contributed by atoms with Crippen LogP contribution in [-0.2, 0) is 4.79 Å². The summed E-state index contributed by atoms with van der Waals surface area (Å²) in [4.78, 5) is 11.5. The summed E-state index contributed by atoms with van der Waals surface area (Å²) in [6.45, 7) is 1.70. The number of hydrogen-bond acceptors (Lipinski definition) is 3. The van der Waals surface area contributed by atoms with Gasteiger partial charge in [0.2, 0.25) is 0 Å². The Morgan fingerprint density at radius 2 is 2.29 bits per heavy atom. The van der Waals surface area contributed by atoms with Gasteiger partial charge in [0.1, 0.15) is 6.07 Å². The standard InChI is InChI=1S/C15H16BrFN2O2/c1-15(14(20)21)7-3-2-4-11(15)19-10-6-5-9(8-18)12(16)13(10)17/h5-6,11,19H,2-4,7H2,1H3,(H,20,21). The molecule has 2 unspecified atom stereocenters. The number of anilines is 1. The van der Waals surface area contributed by atoms with Crippen LogP contribution in [0, 0.1) is 22.6 Å². The van der Waals surface area contributed by atoms with Gasteiger partial charge in [-0.15, -0.1) is 0 Å². The van der Waals surface area contributed by atoms with Gasteiger partial charge in [-0.3, -0.25) is 4.79 Å². The molecule has 0 aromatic heterocycles. The Hall–Kier alpha value is -1.61. The molecule has 2 rings (SSSR count). The molecule has 0 amide bonds. The van der Waals surface area contributed by atoms with E-state index in [1.165, 1.54) is 12.1 Å². The van der Waals surface area contributed by atoms with Crippen LogP contribution in [0.3, 0.4) is 0 Å². The van der Waals surface area contributed by atoms with Crippen molar-refractivity contribution >= 4 is 27.6 Å². The van der Waals surface area contributed by atoms with E-state index in [1.54, 1.807) is 6.92 Å². The highest BCUT2D eigenvalue weighted by atomic mass is 79.9. The summed E-state index contributed by atoms with van der Waals surface area (Å²) < 4.78 is 14.3. The fraction of sp³-hybridized carbons (Fsp3) is 0.467. The minimum absolute atomic E-state index is 0.0998. The molecule has 21 heavy (non-hydrogen) atoms. The Morgan fingerprint density at radius 3 is 2.90 bits per heavy atom. The van der Waals surface area contributed by atoms with Gasteiger partial charge in [-0.1, -0.05) is 12.8 Å². The van der Waals surface area contributed by atoms with E-state index in [1.807, 2.05) is 6.07 Å². The lowest BCUT2D eigenvalue weighted by atomic mass is 9.71. The summed E-state index contributed by atoms with van der Waals surface area (Å²) >= 11 is 3.06. The van der Waals surface area contributed by atoms with Crippen molar-refractivity contribution in [1.29, 1.82) is 5.26 Å². The SMILES string of the molecule is CC1(C(=O)O)CCCCC1Nc1ccc(C#N)c(Br)c1F. The maximum atomic E-state index is 14.2. The third-order valence-corrected chi connectivity index (χ3v) is 5.00. The van der Waals surface area contributed by atoms with E-state index in [0.29, 0.717) is 12.8 Å². The quantitative estimate of drug-likeness (QED) is 0.862. The number of benzene rings is 1. The van der Waals surface area contributed by atoms with Gasteiger partial charge >= 0.3 is 5.97 Å². The number of rotatable bonds is 3. The van der Waals surface area contributed by atoms with Crippen LogP contribution in [0.15, 0.2) is 16.6 Å². The van der Waals surface area contributed by atoms with Crippen molar-refractivity contribution in [2.45, 2.75) is 38.6 Å². The molecule has 1 aromatic rings. The normalized spacial score (nSPS) is 25.1. The first-order valence-electron chi connectivity index (χ1n) is 6.78. The molecule has 0 bridgehead atoms. The molecular weight excluding hydrogens is 339 g/mol. The van der Waals surface area contributed by atoms with E-state index in [0.717, 1.165) is 12.8 Å². The van der Waals surface area contributed by atoms with Crippen LogP contribution < -0.4 is 5.32 Å². The number of hydrogen-bond donors (Lipinski definition) is 2. The van der Waals surface area contributed by atoms with Gasteiger partial charge in [0.25, 0.3) is 0 Å². The molecule has 0 saturated heterocycles. The molecule has 0 heterocycles. The second kappa shape index (κ2) is 6.02. The number of aliphatic carboxylic acids is 1. The highest BCUT2D eigenvalue weighted by Gasteiger charge is 2.43. The molecule has 1 aromatic carbocycles. The predicted octanol–water partition coefficient (Wildman–Crippen LogP) is 3.91. The molecule has 1 aliphatic carbocycles. The highest BCUT2D eigenvalue weighted by molar-refractivity contribution is 9.10. The molecule has 1 aliphatic rings. The average Bonchev–Trinajstić information content (AvgIpc) is 2.46. The number of carboxylic acid groups (broad SMARTS) is 1. The summed E-state index contributed by atoms with van der Waals surface area (Å²) in [5.41, 5.74) is -0.478. The highest BCUT2D eigenvalue weighted by Crippen LogP contribution is 2.39. The van der Waals surface area contributed by atoms with Gasteiger partial charge in [-0.2, -0.15) is 5.26 Å². The van der Waals surface area contributed by atoms with E-state index < -0.39 is 17.2 Å². The molecule has 0 aliphatic heterocycles. The van der Waals surface area contributed by atoms with Crippen LogP contribution in [0.25, 0.3) is 0 Å². The molecule has 0 spiro atoms. The number of nitriles is 1. The van der Waals surface area contributed by atoms with Crippen molar-refractivity contribution in [3.05, 3.63) is 28.0 Å². The van der Waals surface area contributed by atoms with Gasteiger partial charge in [0, 0.05) is 6.04 Å². The number of carbonyl (C=O) groups is 1. The van der Waals surface area contributed by atoms with Crippen molar-refractivity contribution in [2.24, 2.45) is 5.41 Å². The van der Waals surface area contributed by atoms with Crippen LogP contribution in [0.4, 0.5) is 10.1 Å². The fourth-order valence-corrected chi connectivity index (χ4v) is 3.19. The van der Waals surface area contributed by atoms with E-state index in [2.05, 4.69) is 21.2 Å². The van der Waals surface area contributed by atoms with Gasteiger partial charge in [-0.25, -0.2) is 4.39 Å². The Balaban J connectivity index is 2.31. The Labute approximate surface area is 131 Å². The van der Waals surface area contributed by atoms with Crippen LogP contribution in [0.2, 0.25) is 0 Å². The maximum Gasteiger partial charge on any atom is 0.311 e. The molecule has 112 valence electrons. The first-order valence-corrected chi connectivity index (χ1v) is 7.57. The average molecular weight is 355 g/mol. The summed E-state index contributed by atoms with van der Waals surface area (Å²) in [6, 6.07) is 4.55. The van der Waals surface area contributed by atoms with Crippen molar-refractivity contribution in [3.63, 3.8) is 0 Å². The second-order valence-corrected chi connectivity index (χ2v) is 6.36. The number of carboxylic acids is 1. The van der Waals surface area contributed by atoms with E-state index in [9.17, 15) is 14.3 Å². The second-order valence-electron chi connectivity index (χ2n) is 5.57. The Kier molecular flexibility index (Phi) is 4.52. The van der Waals surface area contributed by atoms with Crippen molar-refractivity contribution in [2.75, 3.05) is 5.32 Å². The third-order valence-electron chi connectivity index (χ3n) is 4.23. The first-order chi connectivity index (χ1) is 9.90.